The van der Waals surface area contributed by atoms with E-state index in [1.807, 2.05) is 28.9 Å². The Hall–Kier alpha value is -1.56. The topological polar surface area (TPSA) is 50.6 Å². The summed E-state index contributed by atoms with van der Waals surface area (Å²) in [6.07, 6.45) is 6.25. The Morgan fingerprint density at radius 3 is 2.65 bits per heavy atom. The van der Waals surface area contributed by atoms with Crippen molar-refractivity contribution in [3.8, 4) is 0 Å². The van der Waals surface area contributed by atoms with Gasteiger partial charge in [0.1, 0.15) is 0 Å². The fourth-order valence-electron chi connectivity index (χ4n) is 2.50. The Morgan fingerprint density at radius 2 is 2.05 bits per heavy atom. The SMILES string of the molecule is COCCCCC(=O)N1CCN(c2nccn2C)CC1. The molecule has 0 saturated carbocycles. The molecular weight excluding hydrogens is 256 g/mol. The van der Waals surface area contributed by atoms with E-state index in [4.69, 9.17) is 4.74 Å². The van der Waals surface area contributed by atoms with Gasteiger partial charge >= 0.3 is 0 Å². The van der Waals surface area contributed by atoms with E-state index >= 15 is 0 Å². The van der Waals surface area contributed by atoms with Crippen molar-refractivity contribution in [3.63, 3.8) is 0 Å². The number of hydrogen-bond acceptors (Lipinski definition) is 4. The molecule has 1 aliphatic rings. The maximum absolute atomic E-state index is 12.1. The van der Waals surface area contributed by atoms with Crippen molar-refractivity contribution in [2.45, 2.75) is 19.3 Å². The van der Waals surface area contributed by atoms with E-state index in [0.717, 1.165) is 51.6 Å². The number of hydrogen-bond donors (Lipinski definition) is 0. The third-order valence-electron chi connectivity index (χ3n) is 3.70. The van der Waals surface area contributed by atoms with Gasteiger partial charge in [-0.2, -0.15) is 0 Å². The number of imidazole rings is 1. The molecule has 20 heavy (non-hydrogen) atoms. The molecule has 2 heterocycles. The second-order valence-electron chi connectivity index (χ2n) is 5.16. The number of carbonyl (C=O) groups is 1. The molecule has 1 amide bonds. The highest BCUT2D eigenvalue weighted by Gasteiger charge is 2.22. The molecule has 0 unspecified atom stereocenters. The van der Waals surface area contributed by atoms with Gasteiger partial charge in [0.15, 0.2) is 0 Å². The smallest absolute Gasteiger partial charge is 0.222 e. The lowest BCUT2D eigenvalue weighted by Gasteiger charge is -2.35. The van der Waals surface area contributed by atoms with Crippen LogP contribution >= 0.6 is 0 Å². The monoisotopic (exact) mass is 280 g/mol. The molecular formula is C14H24N4O2. The zero-order valence-electron chi connectivity index (χ0n) is 12.4. The minimum Gasteiger partial charge on any atom is -0.385 e. The molecule has 1 aliphatic heterocycles. The Balaban J connectivity index is 1.74. The van der Waals surface area contributed by atoms with E-state index < -0.39 is 0 Å². The second kappa shape index (κ2) is 7.28. The third-order valence-corrected chi connectivity index (χ3v) is 3.70. The standard InChI is InChI=1S/C14H24N4O2/c1-16-7-6-15-14(16)18-10-8-17(9-11-18)13(19)5-3-4-12-20-2/h6-7H,3-5,8-12H2,1-2H3. The number of rotatable bonds is 6. The fraction of sp³-hybridized carbons (Fsp3) is 0.714. The van der Waals surface area contributed by atoms with Gasteiger partial charge in [-0.1, -0.05) is 0 Å². The van der Waals surface area contributed by atoms with Gasteiger partial charge in [0.05, 0.1) is 0 Å². The number of piperazine rings is 1. The van der Waals surface area contributed by atoms with Gasteiger partial charge in [-0.3, -0.25) is 4.79 Å². The average molecular weight is 280 g/mol. The number of anilines is 1. The summed E-state index contributed by atoms with van der Waals surface area (Å²) in [5, 5.41) is 0. The molecule has 0 radical (unpaired) electrons. The molecule has 0 atom stereocenters. The Kier molecular flexibility index (Phi) is 5.40. The van der Waals surface area contributed by atoms with Gasteiger partial charge in [0.2, 0.25) is 11.9 Å². The van der Waals surface area contributed by atoms with Gasteiger partial charge in [-0.25, -0.2) is 4.98 Å². The predicted molar refractivity (Wildman–Crippen MR) is 77.7 cm³/mol. The highest BCUT2D eigenvalue weighted by Crippen LogP contribution is 2.13. The molecule has 1 saturated heterocycles. The summed E-state index contributed by atoms with van der Waals surface area (Å²) in [7, 11) is 3.69. The first-order chi connectivity index (χ1) is 9.72. The highest BCUT2D eigenvalue weighted by atomic mass is 16.5. The van der Waals surface area contributed by atoms with Gasteiger partial charge in [-0.15, -0.1) is 0 Å². The molecule has 1 aromatic rings. The van der Waals surface area contributed by atoms with E-state index in [0.29, 0.717) is 6.42 Å². The normalized spacial score (nSPS) is 15.7. The van der Waals surface area contributed by atoms with Crippen LogP contribution in [-0.2, 0) is 16.6 Å². The minimum atomic E-state index is 0.264. The van der Waals surface area contributed by atoms with Crippen molar-refractivity contribution in [1.29, 1.82) is 0 Å². The maximum Gasteiger partial charge on any atom is 0.222 e. The number of nitrogens with zero attached hydrogens (tertiary/aromatic N) is 4. The van der Waals surface area contributed by atoms with Crippen LogP contribution in [0.1, 0.15) is 19.3 Å². The first kappa shape index (κ1) is 14.8. The molecule has 112 valence electrons. The van der Waals surface area contributed by atoms with Crippen LogP contribution in [0.3, 0.4) is 0 Å². The third kappa shape index (κ3) is 3.72. The molecule has 1 fully saturated rings. The van der Waals surface area contributed by atoms with Crippen LogP contribution in [0.25, 0.3) is 0 Å². The van der Waals surface area contributed by atoms with Crippen molar-refractivity contribution >= 4 is 11.9 Å². The summed E-state index contributed by atoms with van der Waals surface area (Å²) in [4.78, 5) is 20.6. The molecule has 0 spiro atoms. The van der Waals surface area contributed by atoms with Crippen LogP contribution in [0, 0.1) is 0 Å². The van der Waals surface area contributed by atoms with Gasteiger partial charge in [0, 0.05) is 65.8 Å². The summed E-state index contributed by atoms with van der Waals surface area (Å²) >= 11 is 0. The maximum atomic E-state index is 12.1. The molecule has 6 heteroatoms. The van der Waals surface area contributed by atoms with Crippen molar-refractivity contribution in [2.24, 2.45) is 7.05 Å². The summed E-state index contributed by atoms with van der Waals surface area (Å²) in [6.45, 7) is 4.02. The quantitative estimate of drug-likeness (QED) is 0.726. The van der Waals surface area contributed by atoms with E-state index in [1.54, 1.807) is 7.11 Å². The fourth-order valence-corrected chi connectivity index (χ4v) is 2.50. The van der Waals surface area contributed by atoms with E-state index in [2.05, 4.69) is 9.88 Å². The number of carbonyl (C=O) groups excluding carboxylic acids is 1. The zero-order valence-corrected chi connectivity index (χ0v) is 12.4. The van der Waals surface area contributed by atoms with Crippen LogP contribution < -0.4 is 4.90 Å². The molecule has 0 bridgehead atoms. The minimum absolute atomic E-state index is 0.264. The van der Waals surface area contributed by atoms with Crippen LogP contribution in [-0.4, -0.2) is 60.3 Å². The van der Waals surface area contributed by atoms with Crippen molar-refractivity contribution in [2.75, 3.05) is 44.8 Å². The molecule has 0 aliphatic carbocycles. The number of methoxy groups -OCH3 is 1. The van der Waals surface area contributed by atoms with Gasteiger partial charge in [-0.05, 0) is 12.8 Å². The summed E-state index contributed by atoms with van der Waals surface area (Å²) < 4.78 is 7.01. The number of aromatic nitrogens is 2. The lowest BCUT2D eigenvalue weighted by Crippen LogP contribution is -2.49. The van der Waals surface area contributed by atoms with Crippen molar-refractivity contribution < 1.29 is 9.53 Å². The predicted octanol–water partition coefficient (Wildman–Crippen LogP) is 0.885. The summed E-state index contributed by atoms with van der Waals surface area (Å²) in [5.41, 5.74) is 0. The molecule has 0 aromatic carbocycles. The Morgan fingerprint density at radius 1 is 1.30 bits per heavy atom. The molecule has 0 N–H and O–H groups in total. The van der Waals surface area contributed by atoms with E-state index in [-0.39, 0.29) is 5.91 Å². The second-order valence-corrected chi connectivity index (χ2v) is 5.16. The summed E-state index contributed by atoms with van der Waals surface area (Å²) in [6, 6.07) is 0. The Labute approximate surface area is 120 Å². The highest BCUT2D eigenvalue weighted by molar-refractivity contribution is 5.76. The lowest BCUT2D eigenvalue weighted by molar-refractivity contribution is -0.131. The van der Waals surface area contributed by atoms with Gasteiger partial charge in [0.25, 0.3) is 0 Å². The summed E-state index contributed by atoms with van der Waals surface area (Å²) in [5.74, 6) is 1.25. The van der Waals surface area contributed by atoms with Crippen LogP contribution in [0.5, 0.6) is 0 Å². The van der Waals surface area contributed by atoms with Gasteiger partial charge < -0.3 is 19.1 Å². The largest absolute Gasteiger partial charge is 0.385 e. The van der Waals surface area contributed by atoms with Crippen molar-refractivity contribution in [1.82, 2.24) is 14.5 Å². The number of amides is 1. The van der Waals surface area contributed by atoms with Crippen molar-refractivity contribution in [3.05, 3.63) is 12.4 Å². The zero-order chi connectivity index (χ0) is 14.4. The first-order valence-corrected chi connectivity index (χ1v) is 7.21. The Bertz CT molecular complexity index is 425. The number of unbranched alkanes of at least 4 members (excludes halogenated alkanes) is 1. The lowest BCUT2D eigenvalue weighted by atomic mass is 10.2. The van der Waals surface area contributed by atoms with Crippen LogP contribution in [0.4, 0.5) is 5.95 Å². The van der Waals surface area contributed by atoms with Crippen LogP contribution in [0.15, 0.2) is 12.4 Å². The molecule has 2 rings (SSSR count). The molecule has 1 aromatic heterocycles. The first-order valence-electron chi connectivity index (χ1n) is 7.21. The molecule has 6 nitrogen and oxygen atoms in total. The average Bonchev–Trinajstić information content (AvgIpc) is 2.90. The van der Waals surface area contributed by atoms with E-state index in [1.165, 1.54) is 0 Å². The number of aryl methyl sites for hydroxylation is 1. The number of ether oxygens (including phenoxy) is 1. The van der Waals surface area contributed by atoms with E-state index in [9.17, 15) is 4.79 Å². The van der Waals surface area contributed by atoms with Crippen LogP contribution in [0.2, 0.25) is 0 Å².